The third-order valence-corrected chi connectivity index (χ3v) is 4.36. The van der Waals surface area contributed by atoms with Gasteiger partial charge in [0, 0.05) is 36.0 Å². The van der Waals surface area contributed by atoms with Gasteiger partial charge in [-0.3, -0.25) is 4.68 Å². The highest BCUT2D eigenvalue weighted by Gasteiger charge is 2.10. The first-order chi connectivity index (χ1) is 12.0. The molecular weight excluding hydrogens is 403 g/mol. The van der Waals surface area contributed by atoms with Crippen molar-refractivity contribution in [3.63, 3.8) is 0 Å². The number of thiocarbonyl (C=S) groups is 1. The lowest BCUT2D eigenvalue weighted by molar-refractivity contribution is 0.146. The van der Waals surface area contributed by atoms with Crippen LogP contribution >= 0.6 is 47.0 Å². The van der Waals surface area contributed by atoms with Gasteiger partial charge in [-0.15, -0.1) is 0 Å². The molecule has 0 aliphatic rings. The Hall–Kier alpha value is -1.05. The van der Waals surface area contributed by atoms with Crippen molar-refractivity contribution >= 4 is 58.0 Å². The lowest BCUT2D eigenvalue weighted by atomic mass is 10.2. The number of hydrogen-bond acceptors (Lipinski definition) is 3. The Morgan fingerprint density at radius 2 is 2.08 bits per heavy atom. The van der Waals surface area contributed by atoms with E-state index in [0.29, 0.717) is 52.3 Å². The van der Waals surface area contributed by atoms with Gasteiger partial charge in [0.1, 0.15) is 5.02 Å². The number of ether oxygens (including phenoxy) is 1. The molecule has 5 nitrogen and oxygen atoms in total. The zero-order valence-corrected chi connectivity index (χ0v) is 16.8. The monoisotopic (exact) mass is 420 g/mol. The van der Waals surface area contributed by atoms with Crippen LogP contribution in [-0.2, 0) is 11.3 Å². The average molecular weight is 422 g/mol. The molecule has 0 radical (unpaired) electrons. The summed E-state index contributed by atoms with van der Waals surface area (Å²) in [6.45, 7) is 4.57. The first-order valence-electron chi connectivity index (χ1n) is 7.79. The molecule has 0 atom stereocenters. The first-order valence-corrected chi connectivity index (χ1v) is 9.33. The van der Waals surface area contributed by atoms with Crippen LogP contribution in [0.2, 0.25) is 15.1 Å². The van der Waals surface area contributed by atoms with E-state index in [2.05, 4.69) is 15.7 Å². The van der Waals surface area contributed by atoms with E-state index in [4.69, 9.17) is 51.8 Å². The Morgan fingerprint density at radius 1 is 1.28 bits per heavy atom. The number of nitrogens with one attached hydrogen (secondary N) is 2. The van der Waals surface area contributed by atoms with Crippen LogP contribution in [-0.4, -0.2) is 34.7 Å². The smallest absolute Gasteiger partial charge is 0.173 e. The molecule has 0 fully saturated rings. The molecule has 1 aromatic heterocycles. The number of anilines is 1. The van der Waals surface area contributed by atoms with E-state index in [-0.39, 0.29) is 0 Å². The molecule has 0 spiro atoms. The summed E-state index contributed by atoms with van der Waals surface area (Å²) in [5.74, 6) is 0.495. The lowest BCUT2D eigenvalue weighted by Crippen LogP contribution is -2.30. The normalized spacial score (nSPS) is 10.7. The summed E-state index contributed by atoms with van der Waals surface area (Å²) in [4.78, 5) is 0. The molecule has 136 valence electrons. The van der Waals surface area contributed by atoms with Crippen LogP contribution in [0, 0.1) is 0 Å². The Labute approximate surface area is 167 Å². The molecule has 0 aliphatic carbocycles. The largest absolute Gasteiger partial charge is 0.382 e. The van der Waals surface area contributed by atoms with Crippen LogP contribution in [0.5, 0.6) is 0 Å². The lowest BCUT2D eigenvalue weighted by Gasteiger charge is -2.09. The van der Waals surface area contributed by atoms with Gasteiger partial charge in [-0.25, -0.2) is 0 Å². The van der Waals surface area contributed by atoms with Gasteiger partial charge in [0.2, 0.25) is 0 Å². The van der Waals surface area contributed by atoms with Crippen molar-refractivity contribution in [2.45, 2.75) is 19.9 Å². The second-order valence-corrected chi connectivity index (χ2v) is 6.85. The van der Waals surface area contributed by atoms with Crippen LogP contribution in [0.25, 0.3) is 0 Å². The maximum atomic E-state index is 6.22. The molecule has 9 heteroatoms. The predicted octanol–water partition coefficient (Wildman–Crippen LogP) is 4.60. The standard InChI is InChI=1S/C16H19Cl3N4OS/c1-2-24-7-3-6-20-16(25)21-15-14(19)10-23(22-15)9-11-4-5-12(17)8-13(11)18/h4-5,8,10H,2-3,6-7,9H2,1H3,(H2,20,21,22,25). The fourth-order valence-electron chi connectivity index (χ4n) is 2.06. The van der Waals surface area contributed by atoms with Gasteiger partial charge in [-0.2, -0.15) is 5.10 Å². The zero-order valence-electron chi connectivity index (χ0n) is 13.7. The number of rotatable bonds is 8. The van der Waals surface area contributed by atoms with Gasteiger partial charge in [0.15, 0.2) is 10.9 Å². The van der Waals surface area contributed by atoms with Crippen LogP contribution in [0.4, 0.5) is 5.82 Å². The van der Waals surface area contributed by atoms with E-state index in [1.165, 1.54) is 0 Å². The average Bonchev–Trinajstić information content (AvgIpc) is 2.89. The minimum atomic E-state index is 0.466. The molecule has 0 saturated heterocycles. The van der Waals surface area contributed by atoms with Crippen molar-refractivity contribution in [2.75, 3.05) is 25.1 Å². The van der Waals surface area contributed by atoms with Crippen LogP contribution in [0.1, 0.15) is 18.9 Å². The molecular formula is C16H19Cl3N4OS. The van der Waals surface area contributed by atoms with Crippen LogP contribution in [0.15, 0.2) is 24.4 Å². The summed E-state index contributed by atoms with van der Waals surface area (Å²) in [6, 6.07) is 5.34. The molecule has 25 heavy (non-hydrogen) atoms. The fourth-order valence-corrected chi connectivity index (χ4v) is 2.92. The molecule has 0 amide bonds. The van der Waals surface area contributed by atoms with Crippen molar-refractivity contribution in [1.29, 1.82) is 0 Å². The minimum absolute atomic E-state index is 0.466. The van der Waals surface area contributed by atoms with Crippen molar-refractivity contribution in [1.82, 2.24) is 15.1 Å². The van der Waals surface area contributed by atoms with Crippen molar-refractivity contribution in [2.24, 2.45) is 0 Å². The summed E-state index contributed by atoms with van der Waals surface area (Å²) in [6.07, 6.45) is 2.58. The summed E-state index contributed by atoms with van der Waals surface area (Å²) < 4.78 is 6.96. The van der Waals surface area contributed by atoms with Gasteiger partial charge in [0.05, 0.1) is 6.54 Å². The van der Waals surface area contributed by atoms with E-state index in [0.717, 1.165) is 12.0 Å². The van der Waals surface area contributed by atoms with Gasteiger partial charge >= 0.3 is 0 Å². The zero-order chi connectivity index (χ0) is 18.2. The Balaban J connectivity index is 1.90. The number of hydrogen-bond donors (Lipinski definition) is 2. The summed E-state index contributed by atoms with van der Waals surface area (Å²) >= 11 is 23.6. The second-order valence-electron chi connectivity index (χ2n) is 5.19. The summed E-state index contributed by atoms with van der Waals surface area (Å²) in [7, 11) is 0. The Bertz CT molecular complexity index is 723. The number of halogens is 3. The minimum Gasteiger partial charge on any atom is -0.382 e. The highest BCUT2D eigenvalue weighted by atomic mass is 35.5. The number of nitrogens with zero attached hydrogens (tertiary/aromatic N) is 2. The number of benzene rings is 1. The van der Waals surface area contributed by atoms with E-state index in [1.54, 1.807) is 23.0 Å². The highest BCUT2D eigenvalue weighted by Crippen LogP contribution is 2.24. The van der Waals surface area contributed by atoms with E-state index >= 15 is 0 Å². The third-order valence-electron chi connectivity index (χ3n) is 3.25. The molecule has 0 bridgehead atoms. The van der Waals surface area contributed by atoms with E-state index in [9.17, 15) is 0 Å². The topological polar surface area (TPSA) is 51.1 Å². The first kappa shape index (κ1) is 20.3. The third kappa shape index (κ3) is 6.64. The molecule has 0 aliphatic heterocycles. The van der Waals surface area contributed by atoms with Crippen molar-refractivity contribution in [3.8, 4) is 0 Å². The quantitative estimate of drug-likeness (QED) is 0.482. The van der Waals surface area contributed by atoms with Gasteiger partial charge in [-0.05, 0) is 43.3 Å². The maximum Gasteiger partial charge on any atom is 0.173 e. The molecule has 1 aromatic carbocycles. The highest BCUT2D eigenvalue weighted by molar-refractivity contribution is 7.80. The molecule has 0 saturated carbocycles. The Morgan fingerprint density at radius 3 is 2.80 bits per heavy atom. The SMILES string of the molecule is CCOCCCNC(=S)Nc1nn(Cc2ccc(Cl)cc2Cl)cc1Cl. The molecule has 1 heterocycles. The number of aromatic nitrogens is 2. The molecule has 2 N–H and O–H groups in total. The molecule has 2 aromatic rings. The summed E-state index contributed by atoms with van der Waals surface area (Å²) in [5, 5.41) is 12.6. The van der Waals surface area contributed by atoms with Crippen LogP contribution < -0.4 is 10.6 Å². The summed E-state index contributed by atoms with van der Waals surface area (Å²) in [5.41, 5.74) is 0.897. The van der Waals surface area contributed by atoms with Crippen LogP contribution in [0.3, 0.4) is 0 Å². The second kappa shape index (κ2) is 10.2. The van der Waals surface area contributed by atoms with Gasteiger partial charge < -0.3 is 15.4 Å². The fraction of sp³-hybridized carbons (Fsp3) is 0.375. The predicted molar refractivity (Wildman–Crippen MR) is 108 cm³/mol. The van der Waals surface area contributed by atoms with E-state index in [1.807, 2.05) is 13.0 Å². The van der Waals surface area contributed by atoms with Crippen molar-refractivity contribution < 1.29 is 4.74 Å². The molecule has 2 rings (SSSR count). The molecule has 0 unspecified atom stereocenters. The van der Waals surface area contributed by atoms with Crippen molar-refractivity contribution in [3.05, 3.63) is 45.0 Å². The Kier molecular flexibility index (Phi) is 8.26. The maximum absolute atomic E-state index is 6.22. The van der Waals surface area contributed by atoms with Gasteiger partial charge in [-0.1, -0.05) is 40.9 Å². The van der Waals surface area contributed by atoms with E-state index < -0.39 is 0 Å². The van der Waals surface area contributed by atoms with Gasteiger partial charge in [0.25, 0.3) is 0 Å².